The van der Waals surface area contributed by atoms with E-state index in [2.05, 4.69) is 37.6 Å². The van der Waals surface area contributed by atoms with Crippen molar-refractivity contribution in [2.24, 2.45) is 0 Å². The van der Waals surface area contributed by atoms with Crippen LogP contribution < -0.4 is 0 Å². The van der Waals surface area contributed by atoms with E-state index in [-0.39, 0.29) is 0 Å². The fourth-order valence-electron chi connectivity index (χ4n) is 1.26. The molecule has 1 nitrogen and oxygen atoms in total. The van der Waals surface area contributed by atoms with Gasteiger partial charge in [0.15, 0.2) is 0 Å². The van der Waals surface area contributed by atoms with Gasteiger partial charge in [0.25, 0.3) is 0 Å². The predicted octanol–water partition coefficient (Wildman–Crippen LogP) is 3.86. The minimum Gasteiger partial charge on any atom is -0.361 e. The molecular weight excluding hydrogens is 170 g/mol. The number of aromatic nitrogens is 1. The molecule has 74 valence electrons. The maximum atomic E-state index is 4.00. The highest BCUT2D eigenvalue weighted by Crippen LogP contribution is 2.15. The largest absolute Gasteiger partial charge is 0.361 e. The molecule has 0 aliphatic carbocycles. The third-order valence-electron chi connectivity index (χ3n) is 2.06. The van der Waals surface area contributed by atoms with Crippen molar-refractivity contribution in [1.29, 1.82) is 0 Å². The van der Waals surface area contributed by atoms with Crippen LogP contribution in [-0.2, 0) is 0 Å². The van der Waals surface area contributed by atoms with Gasteiger partial charge in [0.05, 0.1) is 0 Å². The van der Waals surface area contributed by atoms with E-state index in [1.807, 2.05) is 24.4 Å². The number of rotatable bonds is 4. The number of aromatic amines is 1. The molecule has 1 aromatic heterocycles. The Morgan fingerprint density at radius 3 is 2.86 bits per heavy atom. The Morgan fingerprint density at radius 2 is 2.29 bits per heavy atom. The van der Waals surface area contributed by atoms with Gasteiger partial charge in [0.1, 0.15) is 0 Å². The normalized spacial score (nSPS) is 11.6. The summed E-state index contributed by atoms with van der Waals surface area (Å²) in [5, 5.41) is 0. The molecule has 0 bridgehead atoms. The van der Waals surface area contributed by atoms with E-state index in [1.165, 1.54) is 5.56 Å². The number of hydrogen-bond donors (Lipinski definition) is 1. The molecule has 1 aromatic rings. The lowest BCUT2D eigenvalue weighted by Crippen LogP contribution is -1.81. The molecule has 0 radical (unpaired) electrons. The van der Waals surface area contributed by atoms with Gasteiger partial charge >= 0.3 is 0 Å². The minimum absolute atomic E-state index is 1.02. The van der Waals surface area contributed by atoms with Gasteiger partial charge in [-0.1, -0.05) is 37.8 Å². The zero-order valence-electron chi connectivity index (χ0n) is 8.88. The lowest BCUT2D eigenvalue weighted by atomic mass is 10.1. The fraction of sp³-hybridized carbons (Fsp3) is 0.231. The number of allylic oxidation sites excluding steroid dienone is 5. The molecule has 1 heterocycles. The van der Waals surface area contributed by atoms with Gasteiger partial charge in [0, 0.05) is 11.9 Å². The summed E-state index contributed by atoms with van der Waals surface area (Å²) < 4.78 is 0. The summed E-state index contributed by atoms with van der Waals surface area (Å²) in [6, 6.07) is 2.05. The van der Waals surface area contributed by atoms with Crippen LogP contribution in [0.3, 0.4) is 0 Å². The standard InChI is InChI=1S/C13H17N/c1-4-5-6-7-8-11(2)13-12(3)9-10-14-13/h5-10,14H,2,4H2,1,3H3/b6-5-,8-7-. The highest BCUT2D eigenvalue weighted by molar-refractivity contribution is 5.71. The van der Waals surface area contributed by atoms with Gasteiger partial charge in [-0.15, -0.1) is 0 Å². The summed E-state index contributed by atoms with van der Waals surface area (Å²) in [6.07, 6.45) is 11.2. The maximum Gasteiger partial charge on any atom is 0.0477 e. The summed E-state index contributed by atoms with van der Waals surface area (Å²) in [6.45, 7) is 8.20. The maximum absolute atomic E-state index is 4.00. The molecule has 0 saturated heterocycles. The van der Waals surface area contributed by atoms with Crippen molar-refractivity contribution in [1.82, 2.24) is 4.98 Å². The highest BCUT2D eigenvalue weighted by Gasteiger charge is 1.98. The van der Waals surface area contributed by atoms with Gasteiger partial charge in [-0.3, -0.25) is 0 Å². The fourth-order valence-corrected chi connectivity index (χ4v) is 1.26. The van der Waals surface area contributed by atoms with Gasteiger partial charge in [-0.25, -0.2) is 0 Å². The van der Waals surface area contributed by atoms with Crippen LogP contribution in [0.25, 0.3) is 5.57 Å². The lowest BCUT2D eigenvalue weighted by molar-refractivity contribution is 1.22. The molecule has 0 spiro atoms. The van der Waals surface area contributed by atoms with E-state index in [0.29, 0.717) is 0 Å². The van der Waals surface area contributed by atoms with Crippen molar-refractivity contribution in [3.05, 3.63) is 54.4 Å². The van der Waals surface area contributed by atoms with Crippen molar-refractivity contribution in [3.8, 4) is 0 Å². The Balaban J connectivity index is 2.64. The number of aryl methyl sites for hydroxylation is 1. The predicted molar refractivity (Wildman–Crippen MR) is 63.1 cm³/mol. The Hall–Kier alpha value is -1.50. The first-order valence-corrected chi connectivity index (χ1v) is 4.92. The Bertz CT molecular complexity index is 353. The zero-order valence-corrected chi connectivity index (χ0v) is 8.88. The number of hydrogen-bond acceptors (Lipinski definition) is 0. The van der Waals surface area contributed by atoms with Crippen LogP contribution in [-0.4, -0.2) is 4.98 Å². The van der Waals surface area contributed by atoms with Gasteiger partial charge in [-0.2, -0.15) is 0 Å². The highest BCUT2D eigenvalue weighted by atomic mass is 14.7. The van der Waals surface area contributed by atoms with Gasteiger partial charge < -0.3 is 4.98 Å². The molecule has 0 unspecified atom stereocenters. The van der Waals surface area contributed by atoms with Crippen molar-refractivity contribution >= 4 is 5.57 Å². The summed E-state index contributed by atoms with van der Waals surface area (Å²) >= 11 is 0. The smallest absolute Gasteiger partial charge is 0.0477 e. The summed E-state index contributed by atoms with van der Waals surface area (Å²) in [7, 11) is 0. The van der Waals surface area contributed by atoms with E-state index in [0.717, 1.165) is 17.7 Å². The van der Waals surface area contributed by atoms with Gasteiger partial charge in [0.2, 0.25) is 0 Å². The first-order chi connectivity index (χ1) is 6.75. The topological polar surface area (TPSA) is 15.8 Å². The van der Waals surface area contributed by atoms with E-state index in [4.69, 9.17) is 0 Å². The molecule has 0 fully saturated rings. The van der Waals surface area contributed by atoms with Crippen LogP contribution in [0.15, 0.2) is 43.1 Å². The second kappa shape index (κ2) is 5.28. The van der Waals surface area contributed by atoms with Crippen LogP contribution in [0.5, 0.6) is 0 Å². The van der Waals surface area contributed by atoms with Crippen LogP contribution >= 0.6 is 0 Å². The van der Waals surface area contributed by atoms with Crippen molar-refractivity contribution < 1.29 is 0 Å². The van der Waals surface area contributed by atoms with Crippen molar-refractivity contribution in [2.75, 3.05) is 0 Å². The Kier molecular flexibility index (Phi) is 3.99. The molecule has 1 N–H and O–H groups in total. The molecule has 14 heavy (non-hydrogen) atoms. The average Bonchev–Trinajstić information content (AvgIpc) is 2.59. The lowest BCUT2D eigenvalue weighted by Gasteiger charge is -1.97. The Labute approximate surface area is 85.9 Å². The van der Waals surface area contributed by atoms with E-state index >= 15 is 0 Å². The molecular formula is C13H17N. The average molecular weight is 187 g/mol. The number of H-pyrrole nitrogens is 1. The second-order valence-corrected chi connectivity index (χ2v) is 3.26. The quantitative estimate of drug-likeness (QED) is 0.689. The third-order valence-corrected chi connectivity index (χ3v) is 2.06. The molecule has 0 saturated carbocycles. The zero-order chi connectivity index (χ0) is 10.4. The van der Waals surface area contributed by atoms with Crippen LogP contribution in [0.1, 0.15) is 24.6 Å². The van der Waals surface area contributed by atoms with Crippen LogP contribution in [0.4, 0.5) is 0 Å². The number of nitrogens with one attached hydrogen (secondary N) is 1. The molecule has 0 aliphatic heterocycles. The van der Waals surface area contributed by atoms with Gasteiger partial charge in [-0.05, 0) is 30.5 Å². The second-order valence-electron chi connectivity index (χ2n) is 3.26. The monoisotopic (exact) mass is 187 g/mol. The molecule has 0 atom stereocenters. The summed E-state index contributed by atoms with van der Waals surface area (Å²) in [5.74, 6) is 0. The first kappa shape index (κ1) is 10.6. The molecule has 0 amide bonds. The minimum atomic E-state index is 1.02. The van der Waals surface area contributed by atoms with E-state index in [9.17, 15) is 0 Å². The molecule has 0 aliphatic rings. The molecule has 1 rings (SSSR count). The first-order valence-electron chi connectivity index (χ1n) is 4.92. The van der Waals surface area contributed by atoms with Crippen LogP contribution in [0.2, 0.25) is 0 Å². The van der Waals surface area contributed by atoms with Crippen molar-refractivity contribution in [3.63, 3.8) is 0 Å². The SMILES string of the molecule is C=C(/C=C\C=C/CC)c1[nH]ccc1C. The van der Waals surface area contributed by atoms with E-state index in [1.54, 1.807) is 0 Å². The summed E-state index contributed by atoms with van der Waals surface area (Å²) in [5.41, 5.74) is 3.37. The third kappa shape index (κ3) is 2.77. The van der Waals surface area contributed by atoms with E-state index < -0.39 is 0 Å². The Morgan fingerprint density at radius 1 is 1.50 bits per heavy atom. The summed E-state index contributed by atoms with van der Waals surface area (Å²) in [4.78, 5) is 3.17. The van der Waals surface area contributed by atoms with Crippen LogP contribution in [0, 0.1) is 6.92 Å². The van der Waals surface area contributed by atoms with Crippen molar-refractivity contribution in [2.45, 2.75) is 20.3 Å². The molecule has 1 heteroatoms. The molecule has 0 aromatic carbocycles.